The third kappa shape index (κ3) is 3.66. The zero-order valence-corrected chi connectivity index (χ0v) is 13.5. The molecule has 3 N–H and O–H groups in total. The molecule has 1 aliphatic rings. The number of thiophene rings is 1. The van der Waals surface area contributed by atoms with E-state index in [2.05, 4.69) is 38.3 Å². The molecule has 2 rings (SSSR count). The van der Waals surface area contributed by atoms with E-state index in [1.54, 1.807) is 11.3 Å². The molecular formula is C11H18BrClN4S. The van der Waals surface area contributed by atoms with Crippen LogP contribution in [-0.4, -0.2) is 49.7 Å². The molecule has 0 saturated carbocycles. The molecule has 0 radical (unpaired) electrons. The zero-order valence-electron chi connectivity index (χ0n) is 10.3. The maximum absolute atomic E-state index is 6.08. The van der Waals surface area contributed by atoms with Gasteiger partial charge in [-0.25, -0.2) is 10.4 Å². The van der Waals surface area contributed by atoms with Gasteiger partial charge in [0.05, 0.1) is 6.04 Å². The predicted molar refractivity (Wildman–Crippen MR) is 81.0 cm³/mol. The zero-order chi connectivity index (χ0) is 13.1. The van der Waals surface area contributed by atoms with Gasteiger partial charge in [-0.3, -0.25) is 0 Å². The summed E-state index contributed by atoms with van der Waals surface area (Å²) in [5.41, 5.74) is 9.35. The predicted octanol–water partition coefficient (Wildman–Crippen LogP) is 1.92. The Balaban J connectivity index is 1.97. The monoisotopic (exact) mass is 352 g/mol. The molecule has 1 unspecified atom stereocenters. The Bertz CT molecular complexity index is 373. The third-order valence-electron chi connectivity index (χ3n) is 3.09. The van der Waals surface area contributed by atoms with Crippen LogP contribution in [0.25, 0.3) is 0 Å². The smallest absolute Gasteiger partial charge is 0.107 e. The van der Waals surface area contributed by atoms with Crippen molar-refractivity contribution in [2.24, 2.45) is 5.73 Å². The van der Waals surface area contributed by atoms with Crippen LogP contribution in [0.15, 0.2) is 10.5 Å². The normalized spacial score (nSPS) is 20.2. The Labute approximate surface area is 125 Å². The first-order chi connectivity index (χ1) is 8.60. The van der Waals surface area contributed by atoms with Crippen LogP contribution >= 0.6 is 38.9 Å². The molecule has 18 heavy (non-hydrogen) atoms. The van der Waals surface area contributed by atoms with Crippen molar-refractivity contribution >= 4 is 38.9 Å². The standard InChI is InChI=1S/C11H18BrClN4S/c1-16-2-4-17(5-3-16)15-9(7-14)10-6-8(12)11(13)18-10/h6,9,15H,2-5,7,14H2,1H3. The summed E-state index contributed by atoms with van der Waals surface area (Å²) in [6.45, 7) is 4.77. The molecule has 1 saturated heterocycles. The van der Waals surface area contributed by atoms with Crippen molar-refractivity contribution in [3.63, 3.8) is 0 Å². The molecule has 2 heterocycles. The van der Waals surface area contributed by atoms with Gasteiger partial charge in [0.25, 0.3) is 0 Å². The van der Waals surface area contributed by atoms with Gasteiger partial charge in [0.1, 0.15) is 4.34 Å². The van der Waals surface area contributed by atoms with Gasteiger partial charge in [-0.15, -0.1) is 11.3 Å². The van der Waals surface area contributed by atoms with Gasteiger partial charge in [-0.1, -0.05) is 11.6 Å². The second kappa shape index (κ2) is 6.65. The van der Waals surface area contributed by atoms with E-state index in [9.17, 15) is 0 Å². The lowest BCUT2D eigenvalue weighted by Gasteiger charge is -2.35. The van der Waals surface area contributed by atoms with Crippen molar-refractivity contribution in [3.8, 4) is 0 Å². The third-order valence-corrected chi connectivity index (χ3v) is 5.67. The molecule has 0 aromatic carbocycles. The summed E-state index contributed by atoms with van der Waals surface area (Å²) in [6, 6.07) is 2.19. The van der Waals surface area contributed by atoms with Crippen LogP contribution in [0.1, 0.15) is 10.9 Å². The van der Waals surface area contributed by atoms with E-state index in [4.69, 9.17) is 17.3 Å². The molecule has 102 valence electrons. The van der Waals surface area contributed by atoms with Gasteiger partial charge in [0, 0.05) is 42.1 Å². The summed E-state index contributed by atoms with van der Waals surface area (Å²) in [5.74, 6) is 0. The van der Waals surface area contributed by atoms with Gasteiger partial charge >= 0.3 is 0 Å². The maximum Gasteiger partial charge on any atom is 0.107 e. The molecule has 0 amide bonds. The second-order valence-electron chi connectivity index (χ2n) is 4.48. The molecule has 0 aliphatic carbocycles. The minimum absolute atomic E-state index is 0.141. The highest BCUT2D eigenvalue weighted by Crippen LogP contribution is 2.35. The van der Waals surface area contributed by atoms with Crippen molar-refractivity contribution in [2.75, 3.05) is 39.8 Å². The van der Waals surface area contributed by atoms with Crippen LogP contribution in [-0.2, 0) is 0 Å². The highest BCUT2D eigenvalue weighted by molar-refractivity contribution is 9.10. The lowest BCUT2D eigenvalue weighted by molar-refractivity contribution is 0.0886. The molecule has 1 atom stereocenters. The van der Waals surface area contributed by atoms with Gasteiger partial charge < -0.3 is 10.6 Å². The molecule has 1 aromatic rings. The van der Waals surface area contributed by atoms with Crippen LogP contribution < -0.4 is 11.2 Å². The summed E-state index contributed by atoms with van der Waals surface area (Å²) in [5, 5.41) is 2.25. The van der Waals surface area contributed by atoms with Crippen molar-refractivity contribution in [1.82, 2.24) is 15.3 Å². The molecule has 1 fully saturated rings. The van der Waals surface area contributed by atoms with E-state index in [0.29, 0.717) is 6.54 Å². The Morgan fingerprint density at radius 3 is 2.67 bits per heavy atom. The number of hydrazine groups is 1. The first-order valence-corrected chi connectivity index (χ1v) is 7.93. The Kier molecular flexibility index (Phi) is 5.44. The molecule has 0 bridgehead atoms. The highest BCUT2D eigenvalue weighted by Gasteiger charge is 2.20. The summed E-state index contributed by atoms with van der Waals surface area (Å²) < 4.78 is 1.73. The molecule has 7 heteroatoms. The van der Waals surface area contributed by atoms with Crippen LogP contribution in [0, 0.1) is 0 Å². The lowest BCUT2D eigenvalue weighted by Crippen LogP contribution is -2.52. The Morgan fingerprint density at radius 1 is 1.50 bits per heavy atom. The second-order valence-corrected chi connectivity index (χ2v) is 7.02. The number of halogens is 2. The Morgan fingerprint density at radius 2 is 2.17 bits per heavy atom. The fourth-order valence-electron chi connectivity index (χ4n) is 1.92. The van der Waals surface area contributed by atoms with Crippen molar-refractivity contribution in [3.05, 3.63) is 19.8 Å². The molecule has 1 aliphatic heterocycles. The SMILES string of the molecule is CN1CCN(NC(CN)c2cc(Br)c(Cl)s2)CC1. The fourth-order valence-corrected chi connectivity index (χ4v) is 3.72. The number of rotatable bonds is 4. The first-order valence-electron chi connectivity index (χ1n) is 5.94. The number of nitrogens with zero attached hydrogens (tertiary/aromatic N) is 2. The summed E-state index contributed by atoms with van der Waals surface area (Å²) in [4.78, 5) is 3.50. The summed E-state index contributed by atoms with van der Waals surface area (Å²) in [7, 11) is 2.15. The van der Waals surface area contributed by atoms with E-state index >= 15 is 0 Å². The van der Waals surface area contributed by atoms with Gasteiger partial charge in [-0.05, 0) is 29.0 Å². The highest BCUT2D eigenvalue weighted by atomic mass is 79.9. The van der Waals surface area contributed by atoms with E-state index < -0.39 is 0 Å². The van der Waals surface area contributed by atoms with Gasteiger partial charge in [0.2, 0.25) is 0 Å². The number of likely N-dealkylation sites (N-methyl/N-ethyl adjacent to an activating group) is 1. The number of hydrogen-bond acceptors (Lipinski definition) is 5. The molecule has 4 nitrogen and oxygen atoms in total. The van der Waals surface area contributed by atoms with Crippen molar-refractivity contribution in [1.29, 1.82) is 0 Å². The van der Waals surface area contributed by atoms with Crippen LogP contribution in [0.5, 0.6) is 0 Å². The first kappa shape index (κ1) is 14.7. The largest absolute Gasteiger partial charge is 0.329 e. The summed E-state index contributed by atoms with van der Waals surface area (Å²) >= 11 is 11.1. The fraction of sp³-hybridized carbons (Fsp3) is 0.636. The average Bonchev–Trinajstić information content (AvgIpc) is 2.69. The van der Waals surface area contributed by atoms with Crippen LogP contribution in [0.4, 0.5) is 0 Å². The van der Waals surface area contributed by atoms with E-state index in [1.807, 2.05) is 6.07 Å². The minimum atomic E-state index is 0.141. The average molecular weight is 354 g/mol. The van der Waals surface area contributed by atoms with E-state index in [-0.39, 0.29) is 6.04 Å². The number of nitrogens with one attached hydrogen (secondary N) is 1. The molecule has 0 spiro atoms. The summed E-state index contributed by atoms with van der Waals surface area (Å²) in [6.07, 6.45) is 0. The number of nitrogens with two attached hydrogens (primary N) is 1. The number of piperazine rings is 1. The molecule has 1 aromatic heterocycles. The Hall–Kier alpha value is 0.310. The minimum Gasteiger partial charge on any atom is -0.329 e. The van der Waals surface area contributed by atoms with Crippen molar-refractivity contribution in [2.45, 2.75) is 6.04 Å². The lowest BCUT2D eigenvalue weighted by atomic mass is 10.2. The van der Waals surface area contributed by atoms with Gasteiger partial charge in [0.15, 0.2) is 0 Å². The maximum atomic E-state index is 6.08. The van der Waals surface area contributed by atoms with Crippen LogP contribution in [0.2, 0.25) is 4.34 Å². The molecular weight excluding hydrogens is 336 g/mol. The topological polar surface area (TPSA) is 44.5 Å². The van der Waals surface area contributed by atoms with E-state index in [0.717, 1.165) is 35.0 Å². The number of hydrogen-bond donors (Lipinski definition) is 2. The van der Waals surface area contributed by atoms with E-state index in [1.165, 1.54) is 4.88 Å². The van der Waals surface area contributed by atoms with Crippen LogP contribution in [0.3, 0.4) is 0 Å². The van der Waals surface area contributed by atoms with Gasteiger partial charge in [-0.2, -0.15) is 0 Å². The van der Waals surface area contributed by atoms with Crippen molar-refractivity contribution < 1.29 is 0 Å². The quantitative estimate of drug-likeness (QED) is 0.868.